The van der Waals surface area contributed by atoms with Crippen LogP contribution in [0.15, 0.2) is 24.3 Å². The van der Waals surface area contributed by atoms with Gasteiger partial charge in [-0.2, -0.15) is 0 Å². The van der Waals surface area contributed by atoms with Crippen LogP contribution >= 0.6 is 0 Å². The summed E-state index contributed by atoms with van der Waals surface area (Å²) in [7, 11) is 0. The zero-order chi connectivity index (χ0) is 16.3. The largest absolute Gasteiger partial charge is 0.353 e. The van der Waals surface area contributed by atoms with Crippen LogP contribution in [0.4, 0.5) is 5.69 Å². The number of nitrogens with one attached hydrogen (secondary N) is 2. The Kier molecular flexibility index (Phi) is 4.89. The molecule has 1 saturated carbocycles. The molecule has 0 aliphatic heterocycles. The standard InChI is InChI=1S/C18H26N2O2/c1-5-13(4)19-16(21)18(10-11-18)17(22)20-15-8-6-14(7-9-15)12(2)3/h6-9,12-13H,5,10-11H2,1-4H3,(H,19,21)(H,20,22). The average Bonchev–Trinajstić information content (AvgIpc) is 3.29. The molecule has 2 amide bonds. The lowest BCUT2D eigenvalue weighted by molar-refractivity contribution is -0.134. The van der Waals surface area contributed by atoms with Crippen molar-refractivity contribution in [1.29, 1.82) is 0 Å². The number of anilines is 1. The van der Waals surface area contributed by atoms with Gasteiger partial charge in [-0.15, -0.1) is 0 Å². The fourth-order valence-electron chi connectivity index (χ4n) is 2.35. The Morgan fingerprint density at radius 2 is 1.68 bits per heavy atom. The molecule has 1 aromatic carbocycles. The topological polar surface area (TPSA) is 58.2 Å². The van der Waals surface area contributed by atoms with Crippen molar-refractivity contribution >= 4 is 17.5 Å². The predicted molar refractivity (Wildman–Crippen MR) is 88.7 cm³/mol. The number of benzene rings is 1. The highest BCUT2D eigenvalue weighted by Gasteiger charge is 2.56. The van der Waals surface area contributed by atoms with Gasteiger partial charge in [0.05, 0.1) is 0 Å². The van der Waals surface area contributed by atoms with Crippen molar-refractivity contribution in [3.05, 3.63) is 29.8 Å². The van der Waals surface area contributed by atoms with Crippen LogP contribution in [0.25, 0.3) is 0 Å². The van der Waals surface area contributed by atoms with E-state index in [4.69, 9.17) is 0 Å². The third-order valence-electron chi connectivity index (χ3n) is 4.44. The van der Waals surface area contributed by atoms with E-state index < -0.39 is 5.41 Å². The normalized spacial score (nSPS) is 17.0. The molecule has 1 aromatic rings. The van der Waals surface area contributed by atoms with E-state index in [1.165, 1.54) is 5.56 Å². The highest BCUT2D eigenvalue weighted by atomic mass is 16.2. The van der Waals surface area contributed by atoms with E-state index in [0.29, 0.717) is 18.8 Å². The third kappa shape index (κ3) is 3.49. The summed E-state index contributed by atoms with van der Waals surface area (Å²) >= 11 is 0. The smallest absolute Gasteiger partial charge is 0.240 e. The van der Waals surface area contributed by atoms with E-state index in [1.54, 1.807) is 0 Å². The van der Waals surface area contributed by atoms with Crippen LogP contribution in [-0.4, -0.2) is 17.9 Å². The number of carbonyl (C=O) groups excluding carboxylic acids is 2. The molecule has 22 heavy (non-hydrogen) atoms. The molecule has 0 spiro atoms. The Balaban J connectivity index is 2.01. The maximum Gasteiger partial charge on any atom is 0.240 e. The Morgan fingerprint density at radius 3 is 2.14 bits per heavy atom. The summed E-state index contributed by atoms with van der Waals surface area (Å²) < 4.78 is 0. The second kappa shape index (κ2) is 6.51. The van der Waals surface area contributed by atoms with Crippen molar-refractivity contribution in [2.45, 2.75) is 58.9 Å². The summed E-state index contributed by atoms with van der Waals surface area (Å²) in [4.78, 5) is 24.8. The first kappa shape index (κ1) is 16.5. The predicted octanol–water partition coefficient (Wildman–Crippen LogP) is 3.44. The van der Waals surface area contributed by atoms with Gasteiger partial charge in [-0.1, -0.05) is 32.9 Å². The highest BCUT2D eigenvalue weighted by Crippen LogP contribution is 2.47. The minimum absolute atomic E-state index is 0.100. The third-order valence-corrected chi connectivity index (χ3v) is 4.44. The molecule has 1 unspecified atom stereocenters. The molecule has 0 radical (unpaired) electrons. The molecule has 120 valence electrons. The zero-order valence-corrected chi connectivity index (χ0v) is 13.9. The molecule has 0 bridgehead atoms. The number of carbonyl (C=O) groups is 2. The van der Waals surface area contributed by atoms with E-state index in [1.807, 2.05) is 38.1 Å². The Bertz CT molecular complexity index is 545. The minimum Gasteiger partial charge on any atom is -0.353 e. The fourth-order valence-corrected chi connectivity index (χ4v) is 2.35. The minimum atomic E-state index is -0.861. The van der Waals surface area contributed by atoms with Gasteiger partial charge >= 0.3 is 0 Å². The van der Waals surface area contributed by atoms with Crippen molar-refractivity contribution in [2.75, 3.05) is 5.32 Å². The maximum absolute atomic E-state index is 12.5. The summed E-state index contributed by atoms with van der Waals surface area (Å²) in [6.07, 6.45) is 2.12. The van der Waals surface area contributed by atoms with Crippen LogP contribution in [0.3, 0.4) is 0 Å². The molecule has 0 heterocycles. The van der Waals surface area contributed by atoms with E-state index in [9.17, 15) is 9.59 Å². The van der Waals surface area contributed by atoms with Crippen LogP contribution in [0.1, 0.15) is 58.4 Å². The summed E-state index contributed by atoms with van der Waals surface area (Å²) in [5.41, 5.74) is 1.12. The van der Waals surface area contributed by atoms with Gasteiger partial charge in [0, 0.05) is 11.7 Å². The molecule has 4 nitrogen and oxygen atoms in total. The van der Waals surface area contributed by atoms with E-state index >= 15 is 0 Å². The molecule has 1 atom stereocenters. The SMILES string of the molecule is CCC(C)NC(=O)C1(C(=O)Nc2ccc(C(C)C)cc2)CC1. The second-order valence-corrected chi connectivity index (χ2v) is 6.60. The van der Waals surface area contributed by atoms with E-state index in [0.717, 1.165) is 12.1 Å². The first-order valence-electron chi connectivity index (χ1n) is 8.11. The van der Waals surface area contributed by atoms with Crippen molar-refractivity contribution in [1.82, 2.24) is 5.32 Å². The zero-order valence-electron chi connectivity index (χ0n) is 13.9. The monoisotopic (exact) mass is 302 g/mol. The summed E-state index contributed by atoms with van der Waals surface area (Å²) in [5.74, 6) is 0.129. The van der Waals surface area contributed by atoms with Crippen LogP contribution < -0.4 is 10.6 Å². The summed E-state index contributed by atoms with van der Waals surface area (Å²) in [6, 6.07) is 7.92. The van der Waals surface area contributed by atoms with Crippen molar-refractivity contribution < 1.29 is 9.59 Å². The lowest BCUT2D eigenvalue weighted by Crippen LogP contribution is -2.43. The number of rotatable bonds is 6. The number of hydrogen-bond donors (Lipinski definition) is 2. The van der Waals surface area contributed by atoms with E-state index in [-0.39, 0.29) is 17.9 Å². The molecule has 1 aliphatic carbocycles. The molecule has 2 N–H and O–H groups in total. The molecular formula is C18H26N2O2. The average molecular weight is 302 g/mol. The van der Waals surface area contributed by atoms with Crippen molar-refractivity contribution in [3.8, 4) is 0 Å². The number of amides is 2. The Labute approximate surface area is 132 Å². The molecule has 2 rings (SSSR count). The fraction of sp³-hybridized carbons (Fsp3) is 0.556. The van der Waals surface area contributed by atoms with Crippen LogP contribution in [0, 0.1) is 5.41 Å². The van der Waals surface area contributed by atoms with Crippen molar-refractivity contribution in [3.63, 3.8) is 0 Å². The van der Waals surface area contributed by atoms with Crippen molar-refractivity contribution in [2.24, 2.45) is 5.41 Å². The van der Waals surface area contributed by atoms with Gasteiger partial charge in [-0.25, -0.2) is 0 Å². The van der Waals surface area contributed by atoms with Gasteiger partial charge in [0.25, 0.3) is 0 Å². The molecule has 0 saturated heterocycles. The number of hydrogen-bond acceptors (Lipinski definition) is 2. The first-order valence-corrected chi connectivity index (χ1v) is 8.11. The molecule has 0 aromatic heterocycles. The lowest BCUT2D eigenvalue weighted by atomic mass is 10.0. The molecule has 1 aliphatic rings. The first-order chi connectivity index (χ1) is 10.4. The highest BCUT2D eigenvalue weighted by molar-refractivity contribution is 6.13. The Morgan fingerprint density at radius 1 is 1.09 bits per heavy atom. The van der Waals surface area contributed by atoms with Gasteiger partial charge in [0.2, 0.25) is 11.8 Å². The molecule has 1 fully saturated rings. The lowest BCUT2D eigenvalue weighted by Gasteiger charge is -2.18. The van der Waals surface area contributed by atoms with Gasteiger partial charge in [0.1, 0.15) is 5.41 Å². The van der Waals surface area contributed by atoms with Gasteiger partial charge in [0.15, 0.2) is 0 Å². The second-order valence-electron chi connectivity index (χ2n) is 6.60. The van der Waals surface area contributed by atoms with Crippen LogP contribution in [-0.2, 0) is 9.59 Å². The summed E-state index contributed by atoms with van der Waals surface area (Å²) in [5, 5.41) is 5.81. The Hall–Kier alpha value is -1.84. The maximum atomic E-state index is 12.5. The van der Waals surface area contributed by atoms with Crippen LogP contribution in [0.5, 0.6) is 0 Å². The van der Waals surface area contributed by atoms with Gasteiger partial charge < -0.3 is 10.6 Å². The van der Waals surface area contributed by atoms with E-state index in [2.05, 4.69) is 24.5 Å². The molecular weight excluding hydrogens is 276 g/mol. The molecule has 4 heteroatoms. The summed E-state index contributed by atoms with van der Waals surface area (Å²) in [6.45, 7) is 8.23. The van der Waals surface area contributed by atoms with Gasteiger partial charge in [-0.3, -0.25) is 9.59 Å². The quantitative estimate of drug-likeness (QED) is 0.791. The van der Waals surface area contributed by atoms with Crippen LogP contribution in [0.2, 0.25) is 0 Å². The van der Waals surface area contributed by atoms with Gasteiger partial charge in [-0.05, 0) is 49.8 Å².